The summed E-state index contributed by atoms with van der Waals surface area (Å²) >= 11 is 12.0. The number of nitrogens with zero attached hydrogens (tertiary/aromatic N) is 2. The molecular formula is C11H9Cl2N3. The van der Waals surface area contributed by atoms with Crippen molar-refractivity contribution in [3.63, 3.8) is 0 Å². The molecule has 1 heterocycles. The molecule has 1 saturated carbocycles. The number of rotatable bonds is 2. The summed E-state index contributed by atoms with van der Waals surface area (Å²) in [5.74, 6) is 0.739. The number of hydrogen-bond donors (Lipinski definition) is 1. The Morgan fingerprint density at radius 1 is 1.19 bits per heavy atom. The fourth-order valence-electron chi connectivity index (χ4n) is 1.64. The Balaban J connectivity index is 2.22. The zero-order chi connectivity index (χ0) is 11.1. The minimum atomic E-state index is 0.248. The van der Waals surface area contributed by atoms with Crippen LogP contribution in [0.3, 0.4) is 0 Å². The van der Waals surface area contributed by atoms with E-state index in [0.29, 0.717) is 11.1 Å². The van der Waals surface area contributed by atoms with Crippen molar-refractivity contribution in [1.82, 2.24) is 9.97 Å². The van der Waals surface area contributed by atoms with Crippen LogP contribution in [0.2, 0.25) is 10.3 Å². The van der Waals surface area contributed by atoms with E-state index < -0.39 is 0 Å². The number of fused-ring (bicyclic) bond motifs is 1. The summed E-state index contributed by atoms with van der Waals surface area (Å²) in [6.07, 6.45) is 2.35. The summed E-state index contributed by atoms with van der Waals surface area (Å²) in [7, 11) is 0. The van der Waals surface area contributed by atoms with Gasteiger partial charge in [-0.2, -0.15) is 0 Å². The van der Waals surface area contributed by atoms with Gasteiger partial charge in [-0.25, -0.2) is 9.97 Å². The Morgan fingerprint density at radius 2 is 2.00 bits per heavy atom. The summed E-state index contributed by atoms with van der Waals surface area (Å²) in [5.41, 5.74) is 0.774. The minimum absolute atomic E-state index is 0.248. The van der Waals surface area contributed by atoms with Crippen LogP contribution in [-0.2, 0) is 0 Å². The quantitative estimate of drug-likeness (QED) is 0.833. The second-order valence-electron chi connectivity index (χ2n) is 3.89. The van der Waals surface area contributed by atoms with Gasteiger partial charge in [0.1, 0.15) is 5.82 Å². The maximum atomic E-state index is 6.16. The van der Waals surface area contributed by atoms with Gasteiger partial charge in [0, 0.05) is 6.04 Å². The molecule has 1 fully saturated rings. The van der Waals surface area contributed by atoms with Crippen LogP contribution in [0.4, 0.5) is 5.82 Å². The zero-order valence-corrected chi connectivity index (χ0v) is 9.89. The predicted molar refractivity (Wildman–Crippen MR) is 66.2 cm³/mol. The topological polar surface area (TPSA) is 37.8 Å². The van der Waals surface area contributed by atoms with E-state index in [-0.39, 0.29) is 5.28 Å². The lowest BCUT2D eigenvalue weighted by Gasteiger charge is -2.08. The van der Waals surface area contributed by atoms with E-state index >= 15 is 0 Å². The Morgan fingerprint density at radius 3 is 2.75 bits per heavy atom. The normalized spacial score (nSPS) is 15.4. The highest BCUT2D eigenvalue weighted by Crippen LogP contribution is 2.32. The third kappa shape index (κ3) is 1.81. The molecule has 2 aromatic rings. The Bertz CT molecular complexity index is 552. The predicted octanol–water partition coefficient (Wildman–Crippen LogP) is 3.51. The highest BCUT2D eigenvalue weighted by Gasteiger charge is 2.23. The van der Waals surface area contributed by atoms with Crippen LogP contribution in [0, 0.1) is 0 Å². The van der Waals surface area contributed by atoms with Crippen molar-refractivity contribution in [1.29, 1.82) is 0 Å². The molecule has 0 saturated heterocycles. The molecule has 1 aromatic heterocycles. The third-order valence-corrected chi connectivity index (χ3v) is 3.05. The van der Waals surface area contributed by atoms with Gasteiger partial charge in [0.2, 0.25) is 5.28 Å². The van der Waals surface area contributed by atoms with Crippen LogP contribution in [0.25, 0.3) is 10.9 Å². The molecule has 0 spiro atoms. The van der Waals surface area contributed by atoms with Gasteiger partial charge >= 0.3 is 0 Å². The van der Waals surface area contributed by atoms with Gasteiger partial charge in [-0.3, -0.25) is 0 Å². The molecule has 0 atom stereocenters. The van der Waals surface area contributed by atoms with Crippen molar-refractivity contribution in [2.45, 2.75) is 18.9 Å². The monoisotopic (exact) mass is 253 g/mol. The van der Waals surface area contributed by atoms with Gasteiger partial charge in [0.25, 0.3) is 0 Å². The fourth-order valence-corrected chi connectivity index (χ4v) is 2.07. The maximum Gasteiger partial charge on any atom is 0.224 e. The summed E-state index contributed by atoms with van der Waals surface area (Å²) in [6.45, 7) is 0. The molecule has 1 aliphatic rings. The first-order chi connectivity index (χ1) is 7.74. The van der Waals surface area contributed by atoms with Crippen LogP contribution in [0.15, 0.2) is 18.2 Å². The van der Waals surface area contributed by atoms with E-state index in [9.17, 15) is 0 Å². The van der Waals surface area contributed by atoms with Crippen molar-refractivity contribution < 1.29 is 0 Å². The van der Waals surface area contributed by atoms with Gasteiger partial charge in [0.15, 0.2) is 0 Å². The molecule has 16 heavy (non-hydrogen) atoms. The molecule has 0 unspecified atom stereocenters. The average molecular weight is 254 g/mol. The molecule has 3 rings (SSSR count). The van der Waals surface area contributed by atoms with Crippen molar-refractivity contribution in [2.24, 2.45) is 0 Å². The molecule has 3 nitrogen and oxygen atoms in total. The highest BCUT2D eigenvalue weighted by atomic mass is 35.5. The highest BCUT2D eigenvalue weighted by molar-refractivity contribution is 6.36. The number of benzene rings is 1. The molecule has 1 aromatic carbocycles. The lowest BCUT2D eigenvalue weighted by molar-refractivity contribution is 1.10. The second-order valence-corrected chi connectivity index (χ2v) is 4.64. The molecule has 1 aliphatic carbocycles. The van der Waals surface area contributed by atoms with Gasteiger partial charge in [-0.15, -0.1) is 0 Å². The van der Waals surface area contributed by atoms with E-state index in [2.05, 4.69) is 15.3 Å². The van der Waals surface area contributed by atoms with Crippen molar-refractivity contribution in [2.75, 3.05) is 5.32 Å². The number of aromatic nitrogens is 2. The lowest BCUT2D eigenvalue weighted by Crippen LogP contribution is -2.04. The fraction of sp³-hybridized carbons (Fsp3) is 0.273. The third-order valence-electron chi connectivity index (χ3n) is 2.56. The van der Waals surface area contributed by atoms with Crippen molar-refractivity contribution in [3.8, 4) is 0 Å². The van der Waals surface area contributed by atoms with E-state index in [0.717, 1.165) is 16.7 Å². The van der Waals surface area contributed by atoms with Gasteiger partial charge in [0.05, 0.1) is 15.9 Å². The molecule has 0 amide bonds. The minimum Gasteiger partial charge on any atom is -0.367 e. The maximum absolute atomic E-state index is 6.16. The Labute approximate surface area is 103 Å². The van der Waals surface area contributed by atoms with Crippen LogP contribution in [-0.4, -0.2) is 16.0 Å². The first-order valence-electron chi connectivity index (χ1n) is 5.12. The molecular weight excluding hydrogens is 245 g/mol. The van der Waals surface area contributed by atoms with E-state index in [4.69, 9.17) is 23.2 Å². The van der Waals surface area contributed by atoms with E-state index in [1.54, 1.807) is 0 Å². The molecule has 0 radical (unpaired) electrons. The number of anilines is 1. The summed E-state index contributed by atoms with van der Waals surface area (Å²) in [5, 5.41) is 5.07. The van der Waals surface area contributed by atoms with Crippen LogP contribution in [0.5, 0.6) is 0 Å². The zero-order valence-electron chi connectivity index (χ0n) is 8.37. The largest absolute Gasteiger partial charge is 0.367 e. The molecule has 1 N–H and O–H groups in total. The second kappa shape index (κ2) is 3.75. The van der Waals surface area contributed by atoms with E-state index in [1.165, 1.54) is 12.8 Å². The Kier molecular flexibility index (Phi) is 2.37. The van der Waals surface area contributed by atoms with Crippen molar-refractivity contribution in [3.05, 3.63) is 28.5 Å². The molecule has 0 aliphatic heterocycles. The van der Waals surface area contributed by atoms with Crippen LogP contribution < -0.4 is 5.32 Å². The molecule has 82 valence electrons. The Hall–Kier alpha value is -1.06. The standard InChI is InChI=1S/C11H9Cl2N3/c12-7-2-1-3-8-9(7)10(14-6-4-5-6)16-11(13)15-8/h1-3,6H,4-5H2,(H,14,15,16). The first kappa shape index (κ1) is 10.1. The van der Waals surface area contributed by atoms with Crippen LogP contribution in [0.1, 0.15) is 12.8 Å². The number of hydrogen-bond acceptors (Lipinski definition) is 3. The average Bonchev–Trinajstić information content (AvgIpc) is 3.01. The number of halogens is 2. The SMILES string of the molecule is Clc1nc(NC2CC2)c2c(Cl)cccc2n1. The van der Waals surface area contributed by atoms with Gasteiger partial charge in [-0.05, 0) is 36.6 Å². The van der Waals surface area contributed by atoms with Crippen molar-refractivity contribution >= 4 is 39.9 Å². The van der Waals surface area contributed by atoms with E-state index in [1.807, 2.05) is 18.2 Å². The number of nitrogens with one attached hydrogen (secondary N) is 1. The van der Waals surface area contributed by atoms with Gasteiger partial charge in [-0.1, -0.05) is 17.7 Å². The summed E-state index contributed by atoms with van der Waals surface area (Å²) in [6, 6.07) is 6.08. The van der Waals surface area contributed by atoms with Gasteiger partial charge < -0.3 is 5.32 Å². The first-order valence-corrected chi connectivity index (χ1v) is 5.88. The summed E-state index contributed by atoms with van der Waals surface area (Å²) in [4.78, 5) is 8.36. The molecule has 5 heteroatoms. The summed E-state index contributed by atoms with van der Waals surface area (Å²) < 4.78 is 0. The smallest absolute Gasteiger partial charge is 0.224 e. The van der Waals surface area contributed by atoms with Crippen LogP contribution >= 0.6 is 23.2 Å². The molecule has 0 bridgehead atoms. The lowest BCUT2D eigenvalue weighted by atomic mass is 10.2.